The molecular weight excluding hydrogens is 234 g/mol. The highest BCUT2D eigenvalue weighted by Crippen LogP contribution is 2.19. The van der Waals surface area contributed by atoms with Gasteiger partial charge in [-0.1, -0.05) is 18.0 Å². The van der Waals surface area contributed by atoms with Gasteiger partial charge in [0, 0.05) is 25.3 Å². The van der Waals surface area contributed by atoms with Gasteiger partial charge in [0.25, 0.3) is 0 Å². The molecule has 1 saturated heterocycles. The first-order valence-corrected chi connectivity index (χ1v) is 6.66. The van der Waals surface area contributed by atoms with Crippen LogP contribution < -0.4 is 5.32 Å². The highest BCUT2D eigenvalue weighted by molar-refractivity contribution is 6.29. The van der Waals surface area contributed by atoms with Crippen LogP contribution in [0.3, 0.4) is 0 Å². The number of hydrogen-bond acceptors (Lipinski definition) is 3. The number of likely N-dealkylation sites (N-methyl/N-ethyl adjacent to an activating group) is 1. The van der Waals surface area contributed by atoms with Crippen LogP contribution in [0.1, 0.15) is 24.8 Å². The van der Waals surface area contributed by atoms with Crippen molar-refractivity contribution in [2.24, 2.45) is 0 Å². The van der Waals surface area contributed by atoms with Crippen molar-refractivity contribution >= 4 is 11.6 Å². The SMILES string of the molecule is CNCC1CCCCN1Cc1ccnc(Cl)c1. The van der Waals surface area contributed by atoms with Gasteiger partial charge in [-0.05, 0) is 44.1 Å². The largest absolute Gasteiger partial charge is 0.318 e. The van der Waals surface area contributed by atoms with Gasteiger partial charge in [0.1, 0.15) is 5.15 Å². The Hall–Kier alpha value is -0.640. The molecule has 1 N–H and O–H groups in total. The summed E-state index contributed by atoms with van der Waals surface area (Å²) >= 11 is 5.92. The van der Waals surface area contributed by atoms with Crippen LogP contribution in [-0.4, -0.2) is 36.1 Å². The van der Waals surface area contributed by atoms with E-state index in [1.54, 1.807) is 6.20 Å². The molecule has 3 nitrogen and oxygen atoms in total. The minimum Gasteiger partial charge on any atom is -0.318 e. The lowest BCUT2D eigenvalue weighted by molar-refractivity contribution is 0.139. The maximum absolute atomic E-state index is 5.92. The number of likely N-dealkylation sites (tertiary alicyclic amines) is 1. The van der Waals surface area contributed by atoms with Crippen LogP contribution >= 0.6 is 11.6 Å². The van der Waals surface area contributed by atoms with Crippen molar-refractivity contribution < 1.29 is 0 Å². The van der Waals surface area contributed by atoms with Crippen molar-refractivity contribution in [1.29, 1.82) is 0 Å². The van der Waals surface area contributed by atoms with Crippen LogP contribution in [0.15, 0.2) is 18.3 Å². The predicted molar refractivity (Wildman–Crippen MR) is 71.2 cm³/mol. The Morgan fingerprint density at radius 3 is 3.18 bits per heavy atom. The molecule has 0 amide bonds. The number of piperidine rings is 1. The zero-order valence-electron chi connectivity index (χ0n) is 10.3. The summed E-state index contributed by atoms with van der Waals surface area (Å²) in [6.45, 7) is 3.24. The van der Waals surface area contributed by atoms with Crippen molar-refractivity contribution in [2.75, 3.05) is 20.1 Å². The summed E-state index contributed by atoms with van der Waals surface area (Å²) in [4.78, 5) is 6.57. The molecule has 0 aliphatic carbocycles. The first-order chi connectivity index (χ1) is 8.29. The molecule has 2 heterocycles. The highest BCUT2D eigenvalue weighted by Gasteiger charge is 2.21. The van der Waals surface area contributed by atoms with Gasteiger partial charge in [0.15, 0.2) is 0 Å². The van der Waals surface area contributed by atoms with Crippen molar-refractivity contribution in [2.45, 2.75) is 31.8 Å². The molecule has 1 aromatic heterocycles. The fraction of sp³-hybridized carbons (Fsp3) is 0.615. The quantitative estimate of drug-likeness (QED) is 0.835. The number of nitrogens with one attached hydrogen (secondary N) is 1. The van der Waals surface area contributed by atoms with Crippen LogP contribution in [-0.2, 0) is 6.54 Å². The number of nitrogens with zero attached hydrogens (tertiary/aromatic N) is 2. The fourth-order valence-corrected chi connectivity index (χ4v) is 2.71. The average molecular weight is 254 g/mol. The molecule has 1 unspecified atom stereocenters. The molecule has 0 bridgehead atoms. The Morgan fingerprint density at radius 2 is 2.41 bits per heavy atom. The zero-order valence-corrected chi connectivity index (χ0v) is 11.1. The average Bonchev–Trinajstić information content (AvgIpc) is 2.32. The Bertz CT molecular complexity index is 354. The minimum atomic E-state index is 0.588. The van der Waals surface area contributed by atoms with E-state index in [9.17, 15) is 0 Å². The van der Waals surface area contributed by atoms with Gasteiger partial charge in [0.2, 0.25) is 0 Å². The molecule has 4 heteroatoms. The first-order valence-electron chi connectivity index (χ1n) is 6.28. The third kappa shape index (κ3) is 3.66. The lowest BCUT2D eigenvalue weighted by Crippen LogP contribution is -2.44. The molecule has 1 aliphatic heterocycles. The number of halogens is 1. The summed E-state index contributed by atoms with van der Waals surface area (Å²) in [5.41, 5.74) is 1.26. The van der Waals surface area contributed by atoms with Crippen molar-refractivity contribution in [1.82, 2.24) is 15.2 Å². The summed E-state index contributed by atoms with van der Waals surface area (Å²) in [6.07, 6.45) is 5.73. The van der Waals surface area contributed by atoms with Crippen molar-refractivity contribution in [3.8, 4) is 0 Å². The summed E-state index contributed by atoms with van der Waals surface area (Å²) in [6, 6.07) is 4.67. The van der Waals surface area contributed by atoms with E-state index in [1.807, 2.05) is 13.1 Å². The van der Waals surface area contributed by atoms with Crippen molar-refractivity contribution in [3.05, 3.63) is 29.0 Å². The summed E-state index contributed by atoms with van der Waals surface area (Å²) in [7, 11) is 2.02. The molecule has 0 saturated carbocycles. The number of aromatic nitrogens is 1. The number of hydrogen-bond donors (Lipinski definition) is 1. The Labute approximate surface area is 108 Å². The Morgan fingerprint density at radius 1 is 1.53 bits per heavy atom. The molecule has 0 radical (unpaired) electrons. The molecule has 2 rings (SSSR count). The van der Waals surface area contributed by atoms with E-state index in [4.69, 9.17) is 11.6 Å². The van der Waals surface area contributed by atoms with Crippen LogP contribution in [0.4, 0.5) is 0 Å². The summed E-state index contributed by atoms with van der Waals surface area (Å²) in [5, 5.41) is 3.87. The second kappa shape index (κ2) is 6.34. The molecule has 1 aliphatic rings. The van der Waals surface area contributed by atoms with E-state index in [2.05, 4.69) is 21.3 Å². The number of rotatable bonds is 4. The van der Waals surface area contributed by atoms with Gasteiger partial charge in [-0.15, -0.1) is 0 Å². The van der Waals surface area contributed by atoms with Gasteiger partial charge in [-0.2, -0.15) is 0 Å². The maximum atomic E-state index is 5.92. The van der Waals surface area contributed by atoms with E-state index in [0.29, 0.717) is 11.2 Å². The van der Waals surface area contributed by atoms with E-state index >= 15 is 0 Å². The standard InChI is InChI=1S/C13H20ClN3/c1-15-9-12-4-2-3-7-17(12)10-11-5-6-16-13(14)8-11/h5-6,8,12,15H,2-4,7,9-10H2,1H3. The zero-order chi connectivity index (χ0) is 12.1. The Kier molecular flexibility index (Phi) is 4.77. The highest BCUT2D eigenvalue weighted by atomic mass is 35.5. The molecule has 0 aromatic carbocycles. The normalized spacial score (nSPS) is 21.6. The van der Waals surface area contributed by atoms with Crippen LogP contribution in [0.25, 0.3) is 0 Å². The monoisotopic (exact) mass is 253 g/mol. The second-order valence-corrected chi connectivity index (χ2v) is 5.05. The molecule has 0 spiro atoms. The lowest BCUT2D eigenvalue weighted by Gasteiger charge is -2.35. The first kappa shape index (κ1) is 12.8. The molecule has 1 fully saturated rings. The van der Waals surface area contributed by atoms with Gasteiger partial charge in [0.05, 0.1) is 0 Å². The fourth-order valence-electron chi connectivity index (χ4n) is 2.51. The maximum Gasteiger partial charge on any atom is 0.129 e. The molecule has 94 valence electrons. The number of pyridine rings is 1. The molecule has 1 aromatic rings. The topological polar surface area (TPSA) is 28.2 Å². The van der Waals surface area contributed by atoms with Gasteiger partial charge < -0.3 is 5.32 Å². The van der Waals surface area contributed by atoms with Crippen LogP contribution in [0, 0.1) is 0 Å². The lowest BCUT2D eigenvalue weighted by atomic mass is 10.0. The van der Waals surface area contributed by atoms with E-state index < -0.39 is 0 Å². The van der Waals surface area contributed by atoms with E-state index in [-0.39, 0.29) is 0 Å². The van der Waals surface area contributed by atoms with Crippen molar-refractivity contribution in [3.63, 3.8) is 0 Å². The Balaban J connectivity index is 2.00. The summed E-state index contributed by atoms with van der Waals surface area (Å²) in [5.74, 6) is 0. The van der Waals surface area contributed by atoms with Gasteiger partial charge >= 0.3 is 0 Å². The molecule has 17 heavy (non-hydrogen) atoms. The van der Waals surface area contributed by atoms with E-state index in [1.165, 1.54) is 31.4 Å². The van der Waals surface area contributed by atoms with E-state index in [0.717, 1.165) is 13.1 Å². The summed E-state index contributed by atoms with van der Waals surface area (Å²) < 4.78 is 0. The second-order valence-electron chi connectivity index (χ2n) is 4.66. The van der Waals surface area contributed by atoms with Gasteiger partial charge in [-0.3, -0.25) is 4.90 Å². The smallest absolute Gasteiger partial charge is 0.129 e. The minimum absolute atomic E-state index is 0.588. The van der Waals surface area contributed by atoms with Crippen LogP contribution in [0.2, 0.25) is 5.15 Å². The third-order valence-corrected chi connectivity index (χ3v) is 3.57. The molecular formula is C13H20ClN3. The van der Waals surface area contributed by atoms with Gasteiger partial charge in [-0.25, -0.2) is 4.98 Å². The van der Waals surface area contributed by atoms with Crippen LogP contribution in [0.5, 0.6) is 0 Å². The predicted octanol–water partition coefficient (Wildman–Crippen LogP) is 2.31. The molecule has 1 atom stereocenters. The third-order valence-electron chi connectivity index (χ3n) is 3.37.